The summed E-state index contributed by atoms with van der Waals surface area (Å²) in [5.41, 5.74) is 5.47. The predicted octanol–water partition coefficient (Wildman–Crippen LogP) is 3.88. The first kappa shape index (κ1) is 20.9. The normalized spacial score (nSPS) is 17.1. The Bertz CT molecular complexity index is 830. The van der Waals surface area contributed by atoms with Gasteiger partial charge in [-0.1, -0.05) is 18.2 Å². The fraction of sp³-hybridized carbons (Fsp3) is 0.400. The molecule has 3 N–H and O–H groups in total. The molecular formula is C20H23F3N4O2. The zero-order valence-corrected chi connectivity index (χ0v) is 15.8. The Morgan fingerprint density at radius 1 is 1.28 bits per heavy atom. The molecule has 1 fully saturated rings. The number of anilines is 1. The molecule has 3 rings (SSSR count). The number of urea groups is 1. The molecule has 9 heteroatoms. The summed E-state index contributed by atoms with van der Waals surface area (Å²) in [7, 11) is 0. The van der Waals surface area contributed by atoms with Gasteiger partial charge in [-0.3, -0.25) is 0 Å². The number of hydrogen-bond donors (Lipinski definition) is 2. The van der Waals surface area contributed by atoms with E-state index in [0.29, 0.717) is 24.3 Å². The van der Waals surface area contributed by atoms with E-state index < -0.39 is 11.9 Å². The van der Waals surface area contributed by atoms with E-state index in [1.165, 1.54) is 6.07 Å². The van der Waals surface area contributed by atoms with Gasteiger partial charge < -0.3 is 20.7 Å². The Balaban J connectivity index is 1.59. The van der Waals surface area contributed by atoms with Crippen molar-refractivity contribution in [3.8, 4) is 5.88 Å². The molecule has 29 heavy (non-hydrogen) atoms. The molecule has 0 aliphatic carbocycles. The molecule has 1 atom stereocenters. The lowest BCUT2D eigenvalue weighted by Gasteiger charge is -2.32. The van der Waals surface area contributed by atoms with E-state index in [1.54, 1.807) is 17.0 Å². The van der Waals surface area contributed by atoms with Gasteiger partial charge in [0.25, 0.3) is 0 Å². The maximum absolute atomic E-state index is 13.0. The van der Waals surface area contributed by atoms with Crippen LogP contribution in [0.15, 0.2) is 42.5 Å². The Morgan fingerprint density at radius 2 is 2.03 bits per heavy atom. The smallest absolute Gasteiger partial charge is 0.433 e. The number of alkyl halides is 3. The molecule has 2 heterocycles. The third kappa shape index (κ3) is 5.83. The summed E-state index contributed by atoms with van der Waals surface area (Å²) in [6, 6.07) is 11.3. The number of piperidine rings is 1. The highest BCUT2D eigenvalue weighted by molar-refractivity contribution is 5.89. The second kappa shape index (κ2) is 9.13. The van der Waals surface area contributed by atoms with Crippen LogP contribution >= 0.6 is 0 Å². The highest BCUT2D eigenvalue weighted by atomic mass is 19.4. The SMILES string of the molecule is NCc1cc(OC[C@H]2CCCN(C(=O)Nc3ccccc3)C2)nc(C(F)(F)F)c1. The minimum atomic E-state index is -4.57. The monoisotopic (exact) mass is 408 g/mol. The molecule has 1 aliphatic heterocycles. The lowest BCUT2D eigenvalue weighted by atomic mass is 9.99. The molecule has 2 amide bonds. The Kier molecular flexibility index (Phi) is 6.58. The van der Waals surface area contributed by atoms with Crippen LogP contribution in [0.25, 0.3) is 0 Å². The van der Waals surface area contributed by atoms with Gasteiger partial charge in [-0.05, 0) is 36.6 Å². The Morgan fingerprint density at radius 3 is 2.72 bits per heavy atom. The number of amides is 2. The first-order valence-electron chi connectivity index (χ1n) is 9.37. The van der Waals surface area contributed by atoms with Crippen LogP contribution in [0.4, 0.5) is 23.7 Å². The maximum Gasteiger partial charge on any atom is 0.433 e. The molecule has 1 aliphatic rings. The van der Waals surface area contributed by atoms with E-state index in [-0.39, 0.29) is 31.0 Å². The van der Waals surface area contributed by atoms with Crippen molar-refractivity contribution in [1.82, 2.24) is 9.88 Å². The summed E-state index contributed by atoms with van der Waals surface area (Å²) >= 11 is 0. The van der Waals surface area contributed by atoms with Crippen LogP contribution in [0.5, 0.6) is 5.88 Å². The fourth-order valence-corrected chi connectivity index (χ4v) is 3.21. The van der Waals surface area contributed by atoms with Crippen molar-refractivity contribution in [3.63, 3.8) is 0 Å². The number of likely N-dealkylation sites (tertiary alicyclic amines) is 1. The summed E-state index contributed by atoms with van der Waals surface area (Å²) in [5, 5.41) is 2.84. The highest BCUT2D eigenvalue weighted by Crippen LogP contribution is 2.30. The first-order valence-corrected chi connectivity index (χ1v) is 9.37. The van der Waals surface area contributed by atoms with Crippen molar-refractivity contribution in [2.45, 2.75) is 25.6 Å². The van der Waals surface area contributed by atoms with Gasteiger partial charge in [0.15, 0.2) is 0 Å². The number of benzene rings is 1. The third-order valence-electron chi connectivity index (χ3n) is 4.69. The Labute approximate surface area is 166 Å². The largest absolute Gasteiger partial charge is 0.477 e. The van der Waals surface area contributed by atoms with Gasteiger partial charge in [-0.2, -0.15) is 13.2 Å². The summed E-state index contributed by atoms with van der Waals surface area (Å²) < 4.78 is 44.5. The molecule has 6 nitrogen and oxygen atoms in total. The van der Waals surface area contributed by atoms with E-state index in [4.69, 9.17) is 10.5 Å². The number of nitrogens with zero attached hydrogens (tertiary/aromatic N) is 2. The molecule has 2 aromatic rings. The quantitative estimate of drug-likeness (QED) is 0.787. The molecule has 0 unspecified atom stereocenters. The van der Waals surface area contributed by atoms with Crippen LogP contribution in [0.3, 0.4) is 0 Å². The fourth-order valence-electron chi connectivity index (χ4n) is 3.21. The molecule has 1 saturated heterocycles. The molecule has 1 aromatic heterocycles. The molecule has 0 saturated carbocycles. The van der Waals surface area contributed by atoms with Gasteiger partial charge in [0.1, 0.15) is 5.69 Å². The van der Waals surface area contributed by atoms with E-state index >= 15 is 0 Å². The van der Waals surface area contributed by atoms with Crippen LogP contribution in [0.2, 0.25) is 0 Å². The van der Waals surface area contributed by atoms with Gasteiger partial charge in [-0.15, -0.1) is 0 Å². The number of para-hydroxylation sites is 1. The molecule has 156 valence electrons. The van der Waals surface area contributed by atoms with Gasteiger partial charge in [0.05, 0.1) is 6.61 Å². The third-order valence-corrected chi connectivity index (χ3v) is 4.69. The van der Waals surface area contributed by atoms with Crippen LogP contribution < -0.4 is 15.8 Å². The number of nitrogens with one attached hydrogen (secondary N) is 1. The van der Waals surface area contributed by atoms with Gasteiger partial charge in [0.2, 0.25) is 5.88 Å². The van der Waals surface area contributed by atoms with Crippen LogP contribution in [0, 0.1) is 5.92 Å². The number of carbonyl (C=O) groups excluding carboxylic acids is 1. The molecule has 0 spiro atoms. The summed E-state index contributed by atoms with van der Waals surface area (Å²) in [5.74, 6) is -0.103. The lowest BCUT2D eigenvalue weighted by Crippen LogP contribution is -2.43. The van der Waals surface area contributed by atoms with Crippen molar-refractivity contribution in [2.75, 3.05) is 25.0 Å². The standard InChI is InChI=1S/C20H23F3N4O2/c21-20(22,23)17-9-15(11-24)10-18(26-17)29-13-14-5-4-8-27(12-14)19(28)25-16-6-2-1-3-7-16/h1-3,6-7,9-10,14H,4-5,8,11-13,24H2,(H,25,28)/t14-/m0/s1. The number of aromatic nitrogens is 1. The minimum absolute atomic E-state index is 0.00272. The highest BCUT2D eigenvalue weighted by Gasteiger charge is 2.33. The predicted molar refractivity (Wildman–Crippen MR) is 102 cm³/mol. The van der Waals surface area contributed by atoms with E-state index in [2.05, 4.69) is 10.3 Å². The second-order valence-electron chi connectivity index (χ2n) is 6.96. The minimum Gasteiger partial charge on any atom is -0.477 e. The second-order valence-corrected chi connectivity index (χ2v) is 6.96. The number of nitrogens with two attached hydrogens (primary N) is 1. The summed E-state index contributed by atoms with van der Waals surface area (Å²) in [6.07, 6.45) is -2.96. The van der Waals surface area contributed by atoms with E-state index in [0.717, 1.165) is 18.9 Å². The number of carbonyl (C=O) groups is 1. The number of halogens is 3. The zero-order valence-electron chi connectivity index (χ0n) is 15.8. The molecular weight excluding hydrogens is 385 g/mol. The number of pyridine rings is 1. The Hall–Kier alpha value is -2.81. The average Bonchev–Trinajstić information content (AvgIpc) is 2.72. The molecule has 1 aromatic carbocycles. The van der Waals surface area contributed by atoms with E-state index in [9.17, 15) is 18.0 Å². The van der Waals surface area contributed by atoms with Crippen molar-refractivity contribution in [1.29, 1.82) is 0 Å². The summed E-state index contributed by atoms with van der Waals surface area (Å²) in [4.78, 5) is 17.7. The molecule has 0 bridgehead atoms. The number of hydrogen-bond acceptors (Lipinski definition) is 4. The number of ether oxygens (including phenoxy) is 1. The number of rotatable bonds is 5. The average molecular weight is 408 g/mol. The van der Waals surface area contributed by atoms with Crippen molar-refractivity contribution in [3.05, 3.63) is 53.7 Å². The lowest BCUT2D eigenvalue weighted by molar-refractivity contribution is -0.141. The van der Waals surface area contributed by atoms with Crippen LogP contribution in [-0.4, -0.2) is 35.6 Å². The zero-order chi connectivity index (χ0) is 20.9. The van der Waals surface area contributed by atoms with Crippen molar-refractivity contribution < 1.29 is 22.7 Å². The van der Waals surface area contributed by atoms with Gasteiger partial charge in [-0.25, -0.2) is 9.78 Å². The van der Waals surface area contributed by atoms with Crippen molar-refractivity contribution >= 4 is 11.7 Å². The van der Waals surface area contributed by atoms with Crippen LogP contribution in [-0.2, 0) is 12.7 Å². The van der Waals surface area contributed by atoms with Gasteiger partial charge >= 0.3 is 12.2 Å². The molecule has 0 radical (unpaired) electrons. The van der Waals surface area contributed by atoms with Gasteiger partial charge in [0, 0.05) is 37.3 Å². The van der Waals surface area contributed by atoms with Crippen molar-refractivity contribution in [2.24, 2.45) is 11.7 Å². The topological polar surface area (TPSA) is 80.5 Å². The summed E-state index contributed by atoms with van der Waals surface area (Å²) in [6.45, 7) is 1.21. The van der Waals surface area contributed by atoms with Crippen LogP contribution in [0.1, 0.15) is 24.1 Å². The first-order chi connectivity index (χ1) is 13.8. The van der Waals surface area contributed by atoms with E-state index in [1.807, 2.05) is 18.2 Å². The maximum atomic E-state index is 13.0.